The molecule has 0 saturated heterocycles. The maximum atomic E-state index is 13.2. The van der Waals surface area contributed by atoms with E-state index in [1.54, 1.807) is 12.1 Å². The van der Waals surface area contributed by atoms with Gasteiger partial charge in [-0.15, -0.1) is 11.3 Å². The van der Waals surface area contributed by atoms with Crippen molar-refractivity contribution < 1.29 is 8.91 Å². The van der Waals surface area contributed by atoms with Crippen LogP contribution in [0.25, 0.3) is 21.3 Å². The van der Waals surface area contributed by atoms with Crippen molar-refractivity contribution in [1.82, 2.24) is 19.7 Å². The van der Waals surface area contributed by atoms with Crippen LogP contribution in [0.4, 0.5) is 4.39 Å². The van der Waals surface area contributed by atoms with Crippen LogP contribution in [0, 0.1) is 5.82 Å². The number of hydrogen-bond donors (Lipinski definition) is 0. The van der Waals surface area contributed by atoms with Crippen LogP contribution in [0.1, 0.15) is 32.5 Å². The SMILES string of the molecule is CC(C)(C)c1noc(Cn2cnc3scc(-c4ccc(F)cc4)c3c2=O)n1. The van der Waals surface area contributed by atoms with Gasteiger partial charge in [-0.3, -0.25) is 9.36 Å². The lowest BCUT2D eigenvalue weighted by molar-refractivity contribution is 0.356. The first kappa shape index (κ1) is 17.5. The number of rotatable bonds is 3. The van der Waals surface area contributed by atoms with Gasteiger partial charge in [0.2, 0.25) is 5.89 Å². The van der Waals surface area contributed by atoms with Crippen molar-refractivity contribution in [2.24, 2.45) is 0 Å². The molecule has 3 heterocycles. The summed E-state index contributed by atoms with van der Waals surface area (Å²) in [6, 6.07) is 6.06. The second-order valence-corrected chi connectivity index (χ2v) is 8.13. The van der Waals surface area contributed by atoms with Crippen molar-refractivity contribution in [1.29, 1.82) is 0 Å². The van der Waals surface area contributed by atoms with Gasteiger partial charge in [-0.1, -0.05) is 38.1 Å². The lowest BCUT2D eigenvalue weighted by Gasteiger charge is -2.10. The molecule has 0 fully saturated rings. The highest BCUT2D eigenvalue weighted by Gasteiger charge is 2.21. The maximum absolute atomic E-state index is 13.2. The monoisotopic (exact) mass is 384 g/mol. The van der Waals surface area contributed by atoms with Gasteiger partial charge < -0.3 is 4.52 Å². The van der Waals surface area contributed by atoms with Crippen LogP contribution >= 0.6 is 11.3 Å². The minimum atomic E-state index is -0.320. The third-order valence-corrected chi connectivity index (χ3v) is 5.05. The minimum absolute atomic E-state index is 0.142. The minimum Gasteiger partial charge on any atom is -0.337 e. The van der Waals surface area contributed by atoms with Crippen LogP contribution in [0.2, 0.25) is 0 Å². The molecule has 4 rings (SSSR count). The van der Waals surface area contributed by atoms with Gasteiger partial charge in [-0.05, 0) is 17.7 Å². The summed E-state index contributed by atoms with van der Waals surface area (Å²) in [5.41, 5.74) is 1.07. The van der Waals surface area contributed by atoms with Crippen molar-refractivity contribution in [3.63, 3.8) is 0 Å². The zero-order valence-corrected chi connectivity index (χ0v) is 15.9. The van der Waals surface area contributed by atoms with E-state index >= 15 is 0 Å². The van der Waals surface area contributed by atoms with Gasteiger partial charge in [0.25, 0.3) is 5.56 Å². The molecule has 0 spiro atoms. The Kier molecular flexibility index (Phi) is 4.15. The standard InChI is InChI=1S/C19H17FN4O2S/c1-19(2,3)18-22-14(26-23-18)8-24-10-21-16-15(17(24)25)13(9-27-16)11-4-6-12(20)7-5-11/h4-7,9-10H,8H2,1-3H3. The lowest BCUT2D eigenvalue weighted by Crippen LogP contribution is -2.21. The van der Waals surface area contributed by atoms with Crippen molar-refractivity contribution in [3.05, 3.63) is 63.9 Å². The molecule has 0 saturated carbocycles. The second-order valence-electron chi connectivity index (χ2n) is 7.28. The fourth-order valence-electron chi connectivity index (χ4n) is 2.69. The Balaban J connectivity index is 1.76. The number of benzene rings is 1. The third kappa shape index (κ3) is 3.28. The molecule has 3 aromatic heterocycles. The van der Waals surface area contributed by atoms with E-state index in [4.69, 9.17) is 4.52 Å². The first-order valence-corrected chi connectivity index (χ1v) is 9.26. The highest BCUT2D eigenvalue weighted by atomic mass is 32.1. The van der Waals surface area contributed by atoms with Gasteiger partial charge in [-0.25, -0.2) is 9.37 Å². The zero-order chi connectivity index (χ0) is 19.2. The van der Waals surface area contributed by atoms with Crippen LogP contribution in [-0.4, -0.2) is 19.7 Å². The fraction of sp³-hybridized carbons (Fsp3) is 0.263. The van der Waals surface area contributed by atoms with E-state index in [2.05, 4.69) is 15.1 Å². The van der Waals surface area contributed by atoms with E-state index in [1.807, 2.05) is 26.2 Å². The van der Waals surface area contributed by atoms with E-state index in [1.165, 1.54) is 34.4 Å². The smallest absolute Gasteiger partial charge is 0.263 e. The van der Waals surface area contributed by atoms with Gasteiger partial charge in [0, 0.05) is 16.4 Å². The predicted molar refractivity (Wildman–Crippen MR) is 101 cm³/mol. The molecule has 0 radical (unpaired) electrons. The molecule has 0 unspecified atom stereocenters. The van der Waals surface area contributed by atoms with Gasteiger partial charge in [0.05, 0.1) is 11.7 Å². The van der Waals surface area contributed by atoms with Crippen molar-refractivity contribution >= 4 is 21.6 Å². The van der Waals surface area contributed by atoms with Gasteiger partial charge in [-0.2, -0.15) is 4.98 Å². The van der Waals surface area contributed by atoms with E-state index in [9.17, 15) is 9.18 Å². The Morgan fingerprint density at radius 2 is 1.96 bits per heavy atom. The van der Waals surface area contributed by atoms with E-state index < -0.39 is 0 Å². The lowest BCUT2D eigenvalue weighted by atomic mass is 9.96. The number of nitrogens with zero attached hydrogens (tertiary/aromatic N) is 4. The van der Waals surface area contributed by atoms with Crippen LogP contribution in [0.3, 0.4) is 0 Å². The van der Waals surface area contributed by atoms with E-state index in [-0.39, 0.29) is 23.3 Å². The van der Waals surface area contributed by atoms with Crippen LogP contribution in [-0.2, 0) is 12.0 Å². The molecule has 0 N–H and O–H groups in total. The van der Waals surface area contributed by atoms with E-state index in [0.29, 0.717) is 21.9 Å². The van der Waals surface area contributed by atoms with Gasteiger partial charge >= 0.3 is 0 Å². The second kappa shape index (κ2) is 6.38. The summed E-state index contributed by atoms with van der Waals surface area (Å²) in [5, 5.41) is 6.35. The molecule has 27 heavy (non-hydrogen) atoms. The number of hydrogen-bond acceptors (Lipinski definition) is 6. The largest absolute Gasteiger partial charge is 0.337 e. The van der Waals surface area contributed by atoms with Crippen LogP contribution in [0.15, 0.2) is 45.3 Å². The third-order valence-electron chi connectivity index (χ3n) is 4.16. The molecule has 0 atom stereocenters. The molecular formula is C19H17FN4O2S. The molecule has 6 nitrogen and oxygen atoms in total. The number of aromatic nitrogens is 4. The summed E-state index contributed by atoms with van der Waals surface area (Å²) in [7, 11) is 0. The number of thiophene rings is 1. The Morgan fingerprint density at radius 3 is 2.63 bits per heavy atom. The Bertz CT molecular complexity index is 1170. The number of fused-ring (bicyclic) bond motifs is 1. The highest BCUT2D eigenvalue weighted by molar-refractivity contribution is 7.17. The van der Waals surface area contributed by atoms with Crippen LogP contribution in [0.5, 0.6) is 0 Å². The molecule has 1 aromatic carbocycles. The normalized spacial score (nSPS) is 12.0. The predicted octanol–water partition coefficient (Wildman–Crippen LogP) is 3.99. The van der Waals surface area contributed by atoms with Crippen LogP contribution < -0.4 is 5.56 Å². The molecular weight excluding hydrogens is 367 g/mol. The molecule has 0 aliphatic heterocycles. The Labute approximate surface area is 158 Å². The summed E-state index contributed by atoms with van der Waals surface area (Å²) in [5.74, 6) is 0.615. The van der Waals surface area contributed by atoms with Crippen molar-refractivity contribution in [2.45, 2.75) is 32.7 Å². The molecule has 4 aromatic rings. The first-order chi connectivity index (χ1) is 12.8. The Morgan fingerprint density at radius 1 is 1.22 bits per heavy atom. The summed E-state index contributed by atoms with van der Waals surface area (Å²) in [6.45, 7) is 6.11. The molecule has 138 valence electrons. The summed E-state index contributed by atoms with van der Waals surface area (Å²) < 4.78 is 19.9. The highest BCUT2D eigenvalue weighted by Crippen LogP contribution is 2.30. The van der Waals surface area contributed by atoms with Crippen molar-refractivity contribution in [2.75, 3.05) is 0 Å². The zero-order valence-electron chi connectivity index (χ0n) is 15.1. The Hall–Kier alpha value is -2.87. The van der Waals surface area contributed by atoms with Crippen molar-refractivity contribution in [3.8, 4) is 11.1 Å². The van der Waals surface area contributed by atoms with Gasteiger partial charge in [0.1, 0.15) is 17.2 Å². The van der Waals surface area contributed by atoms with Gasteiger partial charge in [0.15, 0.2) is 5.82 Å². The summed E-state index contributed by atoms with van der Waals surface area (Å²) in [6.07, 6.45) is 1.48. The molecule has 0 bridgehead atoms. The molecule has 0 aliphatic carbocycles. The maximum Gasteiger partial charge on any atom is 0.263 e. The number of halogens is 1. The molecule has 0 amide bonds. The van der Waals surface area contributed by atoms with E-state index in [0.717, 1.165) is 11.1 Å². The molecule has 0 aliphatic rings. The summed E-state index contributed by atoms with van der Waals surface area (Å²) >= 11 is 1.38. The average molecular weight is 384 g/mol. The fourth-order valence-corrected chi connectivity index (χ4v) is 3.60. The average Bonchev–Trinajstić information content (AvgIpc) is 3.25. The topological polar surface area (TPSA) is 73.8 Å². The molecule has 8 heteroatoms. The quantitative estimate of drug-likeness (QED) is 0.534. The summed E-state index contributed by atoms with van der Waals surface area (Å²) in [4.78, 5) is 22.4. The first-order valence-electron chi connectivity index (χ1n) is 8.38.